The molecule has 0 saturated carbocycles. The van der Waals surface area contributed by atoms with Crippen molar-refractivity contribution in [2.75, 3.05) is 39.6 Å². The summed E-state index contributed by atoms with van der Waals surface area (Å²) in [5.74, 6) is -2.34. The molecule has 0 heterocycles. The number of phosphoric ester groups is 2. The summed E-state index contributed by atoms with van der Waals surface area (Å²) in [4.78, 5) is 73.1. The zero-order valence-electron chi connectivity index (χ0n) is 67.2. The summed E-state index contributed by atoms with van der Waals surface area (Å²) in [6.07, 6.45) is 94.8. The second-order valence-electron chi connectivity index (χ2n) is 26.9. The van der Waals surface area contributed by atoms with E-state index in [1.54, 1.807) is 0 Å². The molecule has 0 aromatic rings. The minimum atomic E-state index is -5.01. The molecule has 0 amide bonds. The van der Waals surface area contributed by atoms with Crippen LogP contribution in [-0.2, 0) is 65.4 Å². The molecule has 108 heavy (non-hydrogen) atoms. The van der Waals surface area contributed by atoms with Crippen molar-refractivity contribution in [1.29, 1.82) is 0 Å². The highest BCUT2D eigenvalue weighted by molar-refractivity contribution is 7.47. The van der Waals surface area contributed by atoms with Crippen LogP contribution in [0.2, 0.25) is 0 Å². The fourth-order valence-electron chi connectivity index (χ4n) is 10.4. The number of aliphatic hydroxyl groups excluding tert-OH is 1. The van der Waals surface area contributed by atoms with Gasteiger partial charge in [-0.3, -0.25) is 37.3 Å². The van der Waals surface area contributed by atoms with Crippen molar-refractivity contribution in [2.24, 2.45) is 0 Å². The highest BCUT2D eigenvalue weighted by atomic mass is 31.2. The quantitative estimate of drug-likeness (QED) is 0.0169. The SMILES string of the molecule is CC/C=C\C/C=C\C/C=C\C/C=C\C/C=C\C/C=C\CCC(=O)OCC(COP(=O)(O)OCC(O)COP(=O)(O)OCC(COC(=O)CCCCC/C=C\C/C=C\C/C=C\C/C=C\C/C=C\CC)OC(=O)CCCCCCC/C=C\CCCCCCCC)OC(=O)CCCCCCC/C=C\C/C=C\CCCCC. The Kier molecular flexibility index (Phi) is 75.4. The van der Waals surface area contributed by atoms with Gasteiger partial charge < -0.3 is 33.8 Å². The second kappa shape index (κ2) is 79.5. The predicted molar refractivity (Wildman–Crippen MR) is 445 cm³/mol. The van der Waals surface area contributed by atoms with E-state index in [0.29, 0.717) is 32.1 Å². The highest BCUT2D eigenvalue weighted by Gasteiger charge is 2.30. The van der Waals surface area contributed by atoms with E-state index in [1.165, 1.54) is 57.8 Å². The Labute approximate surface area is 654 Å². The van der Waals surface area contributed by atoms with Gasteiger partial charge in [0.2, 0.25) is 0 Å². The molecule has 0 saturated heterocycles. The van der Waals surface area contributed by atoms with Crippen LogP contribution in [0, 0.1) is 0 Å². The minimum absolute atomic E-state index is 0.0272. The van der Waals surface area contributed by atoms with Crippen molar-refractivity contribution in [1.82, 2.24) is 0 Å². The molecular formula is C89H146O17P2. The van der Waals surface area contributed by atoms with Crippen LogP contribution in [0.15, 0.2) is 170 Å². The molecular weight excluding hydrogens is 1400 g/mol. The number of rotatable bonds is 76. The third-order valence-corrected chi connectivity index (χ3v) is 18.6. The number of ether oxygens (including phenoxy) is 4. The summed E-state index contributed by atoms with van der Waals surface area (Å²) in [5.41, 5.74) is 0. The average molecular weight is 1550 g/mol. The second-order valence-corrected chi connectivity index (χ2v) is 29.8. The van der Waals surface area contributed by atoms with Gasteiger partial charge in [0.1, 0.15) is 19.3 Å². The van der Waals surface area contributed by atoms with E-state index in [-0.39, 0.29) is 25.7 Å². The number of aliphatic hydroxyl groups is 1. The van der Waals surface area contributed by atoms with E-state index >= 15 is 0 Å². The summed E-state index contributed by atoms with van der Waals surface area (Å²) < 4.78 is 68.6. The van der Waals surface area contributed by atoms with Crippen molar-refractivity contribution in [3.8, 4) is 0 Å². The highest BCUT2D eigenvalue weighted by Crippen LogP contribution is 2.45. The van der Waals surface area contributed by atoms with Gasteiger partial charge in [-0.1, -0.05) is 288 Å². The van der Waals surface area contributed by atoms with Gasteiger partial charge in [0.05, 0.1) is 26.4 Å². The largest absolute Gasteiger partial charge is 0.472 e. The van der Waals surface area contributed by atoms with Gasteiger partial charge >= 0.3 is 39.5 Å². The summed E-state index contributed by atoms with van der Waals surface area (Å²) >= 11 is 0. The molecule has 0 fully saturated rings. The van der Waals surface area contributed by atoms with Gasteiger partial charge in [0.25, 0.3) is 0 Å². The Bertz CT molecular complexity index is 2710. The van der Waals surface area contributed by atoms with E-state index in [1.807, 2.05) is 18.2 Å². The van der Waals surface area contributed by atoms with Crippen LogP contribution in [0.5, 0.6) is 0 Å². The summed E-state index contributed by atoms with van der Waals surface area (Å²) in [6.45, 7) is 4.47. The first-order valence-electron chi connectivity index (χ1n) is 41.4. The Morgan fingerprint density at radius 3 is 0.833 bits per heavy atom. The van der Waals surface area contributed by atoms with Gasteiger partial charge in [-0.2, -0.15) is 0 Å². The van der Waals surface area contributed by atoms with Crippen LogP contribution in [-0.4, -0.2) is 96.7 Å². The van der Waals surface area contributed by atoms with Gasteiger partial charge in [-0.25, -0.2) is 9.13 Å². The van der Waals surface area contributed by atoms with Crippen molar-refractivity contribution >= 4 is 39.5 Å². The van der Waals surface area contributed by atoms with Gasteiger partial charge in [0.15, 0.2) is 12.2 Å². The van der Waals surface area contributed by atoms with Crippen molar-refractivity contribution in [2.45, 2.75) is 329 Å². The summed E-state index contributed by atoms with van der Waals surface area (Å²) in [5, 5.41) is 10.7. The maximum atomic E-state index is 13.1. The standard InChI is InChI=1S/C89H146O17P2/c1-5-9-13-17-21-25-29-33-37-39-41-43-47-49-53-57-61-65-69-73-86(91)99-79-84(105-88(93)75-71-67-63-59-55-51-45-35-31-27-23-19-15-11-7-3)81-103-107(95,96)101-77-83(90)78-102-108(97,98)104-82-85(106-89(94)76-72-68-64-60-56-52-46-36-32-28-24-20-16-12-8-4)80-100-87(92)74-70-66-62-58-54-50-48-44-42-40-38-34-30-26-22-18-14-10-6-2/h9-10,13-14,21-23,25-27,33-38,41-46,49-50,53-54,61,65,83-85,90H,5-8,11-12,15-20,24,28-32,39-40,47-48,51-52,55-60,62-64,66-82H2,1-4H3,(H,95,96)(H,97,98)/b13-9-,14-10-,25-21-,26-22-,27-23-,37-33-,38-34-,43-41-,44-42-,45-35-,46-36-,53-49-,54-50-,65-61-. The monoisotopic (exact) mass is 1550 g/mol. The lowest BCUT2D eigenvalue weighted by Crippen LogP contribution is -2.30. The zero-order chi connectivity index (χ0) is 78.9. The molecule has 0 aromatic heterocycles. The Hall–Kier alpha value is -5.58. The summed E-state index contributed by atoms with van der Waals surface area (Å²) in [6, 6.07) is 0. The van der Waals surface area contributed by atoms with Crippen LogP contribution in [0.4, 0.5) is 0 Å². The van der Waals surface area contributed by atoms with Gasteiger partial charge in [-0.15, -0.1) is 0 Å². The van der Waals surface area contributed by atoms with E-state index in [9.17, 15) is 43.2 Å². The smallest absolute Gasteiger partial charge is 0.462 e. The normalized spacial score (nSPS) is 14.7. The van der Waals surface area contributed by atoms with E-state index in [0.717, 1.165) is 167 Å². The van der Waals surface area contributed by atoms with Crippen LogP contribution in [0.1, 0.15) is 310 Å². The number of hydrogen-bond acceptors (Lipinski definition) is 15. The van der Waals surface area contributed by atoms with Crippen molar-refractivity contribution in [3.63, 3.8) is 0 Å². The number of allylic oxidation sites excluding steroid dienone is 28. The van der Waals surface area contributed by atoms with E-state index in [2.05, 4.69) is 180 Å². The lowest BCUT2D eigenvalue weighted by Gasteiger charge is -2.21. The molecule has 0 radical (unpaired) electrons. The lowest BCUT2D eigenvalue weighted by atomic mass is 10.1. The molecule has 0 rings (SSSR count). The lowest BCUT2D eigenvalue weighted by molar-refractivity contribution is -0.161. The first-order chi connectivity index (χ1) is 52.7. The number of phosphoric acid groups is 2. The predicted octanol–water partition coefficient (Wildman–Crippen LogP) is 24.6. The molecule has 0 spiro atoms. The molecule has 5 unspecified atom stereocenters. The molecule has 0 aliphatic carbocycles. The van der Waals surface area contributed by atoms with E-state index in [4.69, 9.17) is 37.0 Å². The molecule has 5 atom stereocenters. The molecule has 614 valence electrons. The van der Waals surface area contributed by atoms with E-state index < -0.39 is 97.5 Å². The summed E-state index contributed by atoms with van der Waals surface area (Å²) in [7, 11) is -10.0. The Balaban J connectivity index is 5.49. The van der Waals surface area contributed by atoms with Crippen LogP contribution >= 0.6 is 15.6 Å². The van der Waals surface area contributed by atoms with Crippen LogP contribution in [0.3, 0.4) is 0 Å². The first-order valence-corrected chi connectivity index (χ1v) is 44.4. The zero-order valence-corrected chi connectivity index (χ0v) is 69.0. The molecule has 0 aliphatic rings. The minimum Gasteiger partial charge on any atom is -0.462 e. The molecule has 17 nitrogen and oxygen atoms in total. The number of carbonyl (C=O) groups excluding carboxylic acids is 4. The van der Waals surface area contributed by atoms with Gasteiger partial charge in [-0.05, 0) is 167 Å². The molecule has 0 aliphatic heterocycles. The molecule has 3 N–H and O–H groups in total. The fraction of sp³-hybridized carbons (Fsp3) is 0.640. The average Bonchev–Trinajstić information content (AvgIpc) is 0.923. The number of esters is 4. The molecule has 19 heteroatoms. The molecule has 0 aromatic carbocycles. The number of unbranched alkanes of at least 4 members (excludes halogenated alkanes) is 22. The van der Waals surface area contributed by atoms with Crippen LogP contribution < -0.4 is 0 Å². The maximum absolute atomic E-state index is 13.1. The molecule has 0 bridgehead atoms. The third-order valence-electron chi connectivity index (χ3n) is 16.7. The van der Waals surface area contributed by atoms with Gasteiger partial charge in [0, 0.05) is 25.7 Å². The topological polar surface area (TPSA) is 237 Å². The van der Waals surface area contributed by atoms with Crippen LogP contribution in [0.25, 0.3) is 0 Å². The Morgan fingerprint density at radius 1 is 0.269 bits per heavy atom. The van der Waals surface area contributed by atoms with Crippen molar-refractivity contribution < 1.29 is 80.2 Å². The fourth-order valence-corrected chi connectivity index (χ4v) is 12.0. The van der Waals surface area contributed by atoms with Crippen molar-refractivity contribution in [3.05, 3.63) is 170 Å². The Morgan fingerprint density at radius 2 is 0.500 bits per heavy atom. The number of carbonyl (C=O) groups is 4. The number of hydrogen-bond donors (Lipinski definition) is 3. The maximum Gasteiger partial charge on any atom is 0.472 e. The third kappa shape index (κ3) is 78.5. The first kappa shape index (κ1) is 102.